The van der Waals surface area contributed by atoms with Gasteiger partial charge in [-0.15, -0.1) is 0 Å². The number of amides is 2. The molecule has 0 aliphatic heterocycles. The molecule has 0 spiro atoms. The van der Waals surface area contributed by atoms with Crippen molar-refractivity contribution in [1.82, 2.24) is 0 Å². The summed E-state index contributed by atoms with van der Waals surface area (Å²) in [5.41, 5.74) is 15.0. The third-order valence-corrected chi connectivity index (χ3v) is 7.46. The quantitative estimate of drug-likeness (QED) is 0.324. The molecule has 0 aromatic heterocycles. The lowest BCUT2D eigenvalue weighted by Gasteiger charge is -2.20. The highest BCUT2D eigenvalue weighted by atomic mass is 16.6. The average Bonchev–Trinajstić information content (AvgIpc) is 3.53. The van der Waals surface area contributed by atoms with Crippen LogP contribution in [0.15, 0.2) is 0 Å². The fourth-order valence-corrected chi connectivity index (χ4v) is 5.52. The molecule has 41 heavy (non-hydrogen) atoms. The molecule has 0 radical (unpaired) electrons. The summed E-state index contributed by atoms with van der Waals surface area (Å²) in [5, 5.41) is 8.84. The van der Waals surface area contributed by atoms with Gasteiger partial charge in [0.25, 0.3) is 0 Å². The number of carbonyl (C=O) groups excluding carboxylic acids is 4. The Morgan fingerprint density at radius 2 is 1.00 bits per heavy atom. The number of ether oxygens (including phenoxy) is 2. The summed E-state index contributed by atoms with van der Waals surface area (Å²) in [6, 6.07) is 0.211. The lowest BCUT2D eigenvalue weighted by atomic mass is 10.0. The van der Waals surface area contributed by atoms with Crippen molar-refractivity contribution in [2.45, 2.75) is 129 Å². The van der Waals surface area contributed by atoms with E-state index in [1.165, 1.54) is 0 Å². The van der Waals surface area contributed by atoms with E-state index in [0.717, 1.165) is 44.9 Å². The van der Waals surface area contributed by atoms with Crippen LogP contribution in [0.5, 0.6) is 0 Å². The second-order valence-electron chi connectivity index (χ2n) is 13.7. The SMILES string of the molecule is CC(C)(C)OC(=O)C[C@@H]1CC[C@@H](C(=O)O)C1.CC(C)(C)OC(=O)C[C@@H]1CC[C@@H](C(N)=O)C1.NC(=O)[C@@H]1CC[C@@H](N)C1. The molecular weight excluding hydrogens is 530 g/mol. The molecule has 2 amide bonds. The monoisotopic (exact) mass is 583 g/mol. The maximum atomic E-state index is 11.6. The van der Waals surface area contributed by atoms with E-state index in [4.69, 9.17) is 31.8 Å². The van der Waals surface area contributed by atoms with Crippen molar-refractivity contribution in [3.8, 4) is 0 Å². The van der Waals surface area contributed by atoms with E-state index in [9.17, 15) is 24.0 Å². The summed E-state index contributed by atoms with van der Waals surface area (Å²) >= 11 is 0. The Kier molecular flexibility index (Phi) is 14.3. The van der Waals surface area contributed by atoms with Crippen LogP contribution in [-0.4, -0.2) is 52.1 Å². The van der Waals surface area contributed by atoms with Gasteiger partial charge in [0.1, 0.15) is 11.2 Å². The van der Waals surface area contributed by atoms with Crippen molar-refractivity contribution in [2.24, 2.45) is 46.8 Å². The number of carboxylic acids is 1. The van der Waals surface area contributed by atoms with Crippen LogP contribution in [0.2, 0.25) is 0 Å². The summed E-state index contributed by atoms with van der Waals surface area (Å²) in [6.07, 6.45) is 7.92. The molecule has 3 saturated carbocycles. The molecule has 0 unspecified atom stereocenters. The summed E-state index contributed by atoms with van der Waals surface area (Å²) in [4.78, 5) is 55.3. The van der Waals surface area contributed by atoms with Crippen LogP contribution in [0, 0.1) is 29.6 Å². The van der Waals surface area contributed by atoms with Crippen molar-refractivity contribution in [3.63, 3.8) is 0 Å². The maximum absolute atomic E-state index is 11.6. The Labute approximate surface area is 244 Å². The molecule has 0 aromatic carbocycles. The van der Waals surface area contributed by atoms with Gasteiger partial charge in [0.15, 0.2) is 0 Å². The summed E-state index contributed by atoms with van der Waals surface area (Å²) in [6.45, 7) is 11.1. The maximum Gasteiger partial charge on any atom is 0.306 e. The van der Waals surface area contributed by atoms with Crippen LogP contribution in [0.4, 0.5) is 0 Å². The van der Waals surface area contributed by atoms with Crippen molar-refractivity contribution in [3.05, 3.63) is 0 Å². The zero-order chi connectivity index (χ0) is 31.5. The highest BCUT2D eigenvalue weighted by molar-refractivity contribution is 5.77. The predicted molar refractivity (Wildman–Crippen MR) is 154 cm³/mol. The minimum absolute atomic E-state index is 0.0487. The molecule has 0 bridgehead atoms. The molecule has 0 heterocycles. The molecule has 236 valence electrons. The molecule has 11 heteroatoms. The largest absolute Gasteiger partial charge is 0.481 e. The number of hydrogen-bond donors (Lipinski definition) is 4. The Morgan fingerprint density at radius 1 is 0.634 bits per heavy atom. The zero-order valence-electron chi connectivity index (χ0n) is 25.8. The number of nitrogens with two attached hydrogens (primary N) is 3. The Balaban J connectivity index is 0.000000320. The number of carboxylic acid groups (broad SMARTS) is 1. The number of rotatable bonds is 7. The van der Waals surface area contributed by atoms with Crippen LogP contribution >= 0.6 is 0 Å². The zero-order valence-corrected chi connectivity index (χ0v) is 25.8. The first-order valence-electron chi connectivity index (χ1n) is 14.8. The van der Waals surface area contributed by atoms with Crippen molar-refractivity contribution >= 4 is 29.7 Å². The van der Waals surface area contributed by atoms with E-state index < -0.39 is 17.2 Å². The molecule has 7 N–H and O–H groups in total. The smallest absolute Gasteiger partial charge is 0.306 e. The molecule has 3 aliphatic rings. The van der Waals surface area contributed by atoms with Crippen molar-refractivity contribution < 1.29 is 38.6 Å². The fourth-order valence-electron chi connectivity index (χ4n) is 5.52. The minimum Gasteiger partial charge on any atom is -0.481 e. The number of esters is 2. The molecule has 11 nitrogen and oxygen atoms in total. The predicted octanol–water partition coefficient (Wildman–Crippen LogP) is 3.44. The summed E-state index contributed by atoms with van der Waals surface area (Å²) in [7, 11) is 0. The second-order valence-corrected chi connectivity index (χ2v) is 13.7. The molecule has 0 aromatic rings. The topological polar surface area (TPSA) is 202 Å². The summed E-state index contributed by atoms with van der Waals surface area (Å²) in [5.74, 6) is -1.41. The van der Waals surface area contributed by atoms with E-state index in [0.29, 0.717) is 25.7 Å². The van der Waals surface area contributed by atoms with Gasteiger partial charge in [0.05, 0.1) is 5.92 Å². The van der Waals surface area contributed by atoms with Crippen LogP contribution < -0.4 is 17.2 Å². The van der Waals surface area contributed by atoms with E-state index in [1.54, 1.807) is 0 Å². The van der Waals surface area contributed by atoms with Crippen molar-refractivity contribution in [1.29, 1.82) is 0 Å². The van der Waals surface area contributed by atoms with E-state index in [1.807, 2.05) is 41.5 Å². The second kappa shape index (κ2) is 16.1. The fraction of sp³-hybridized carbons (Fsp3) is 0.833. The third-order valence-electron chi connectivity index (χ3n) is 7.46. The third kappa shape index (κ3) is 15.8. The van der Waals surface area contributed by atoms with Crippen LogP contribution in [0.1, 0.15) is 112 Å². The van der Waals surface area contributed by atoms with Gasteiger partial charge >= 0.3 is 17.9 Å². The number of primary amides is 2. The standard InChI is InChI=1S/C12H21NO3.C12H20O4.C6H12N2O/c1-12(2,3)16-10(14)7-8-4-5-9(6-8)11(13)15;1-12(2,3)16-10(13)7-8-4-5-9(6-8)11(14)15;7-5-2-1-4(3-5)6(8)9/h8-9H,4-7H2,1-3H3,(H2,13,15);8-9H,4-7H2,1-3H3,(H,14,15);4-5H,1-3,7H2,(H2,8,9)/t2*8-,9-;4-,5-/m111/s1. The molecule has 6 atom stereocenters. The normalized spacial score (nSPS) is 27.5. The molecular formula is C30H53N3O8. The van der Waals surface area contributed by atoms with Crippen molar-refractivity contribution in [2.75, 3.05) is 0 Å². The van der Waals surface area contributed by atoms with Crippen LogP contribution in [0.3, 0.4) is 0 Å². The van der Waals surface area contributed by atoms with Crippen LogP contribution in [-0.2, 0) is 33.4 Å². The number of hydrogen-bond acceptors (Lipinski definition) is 8. The number of carbonyl (C=O) groups is 5. The Bertz CT molecular complexity index is 850. The highest BCUT2D eigenvalue weighted by Crippen LogP contribution is 2.34. The first-order chi connectivity index (χ1) is 18.8. The van der Waals surface area contributed by atoms with Gasteiger partial charge in [0.2, 0.25) is 11.8 Å². The van der Waals surface area contributed by atoms with Crippen LogP contribution in [0.25, 0.3) is 0 Å². The first kappa shape index (κ1) is 36.3. The molecule has 3 aliphatic carbocycles. The van der Waals surface area contributed by atoms with Gasteiger partial charge in [-0.1, -0.05) is 0 Å². The Morgan fingerprint density at radius 3 is 1.27 bits per heavy atom. The van der Waals surface area contributed by atoms with E-state index in [-0.39, 0.29) is 59.4 Å². The van der Waals surface area contributed by atoms with Gasteiger partial charge in [0, 0.05) is 30.7 Å². The molecule has 0 saturated heterocycles. The van der Waals surface area contributed by atoms with E-state index >= 15 is 0 Å². The average molecular weight is 584 g/mol. The van der Waals surface area contributed by atoms with Gasteiger partial charge in [-0.3, -0.25) is 24.0 Å². The lowest BCUT2D eigenvalue weighted by molar-refractivity contribution is -0.157. The van der Waals surface area contributed by atoms with Gasteiger partial charge < -0.3 is 31.8 Å². The Hall–Kier alpha value is -2.69. The first-order valence-corrected chi connectivity index (χ1v) is 14.8. The van der Waals surface area contributed by atoms with E-state index in [2.05, 4.69) is 0 Å². The highest BCUT2D eigenvalue weighted by Gasteiger charge is 2.32. The minimum atomic E-state index is -0.744. The van der Waals surface area contributed by atoms with Gasteiger partial charge in [-0.2, -0.15) is 0 Å². The molecule has 3 fully saturated rings. The van der Waals surface area contributed by atoms with Gasteiger partial charge in [-0.05, 0) is 111 Å². The lowest BCUT2D eigenvalue weighted by Crippen LogP contribution is -2.25. The molecule has 3 rings (SSSR count). The van der Waals surface area contributed by atoms with Gasteiger partial charge in [-0.25, -0.2) is 0 Å². The number of aliphatic carboxylic acids is 1. The summed E-state index contributed by atoms with van der Waals surface area (Å²) < 4.78 is 10.4.